The van der Waals surface area contributed by atoms with Crippen LogP contribution >= 0.6 is 0 Å². The van der Waals surface area contributed by atoms with E-state index in [4.69, 9.17) is 4.74 Å². The third-order valence-corrected chi connectivity index (χ3v) is 4.72. The molecule has 0 bridgehead atoms. The van der Waals surface area contributed by atoms with Gasteiger partial charge >= 0.3 is 0 Å². The second-order valence-electron chi connectivity index (χ2n) is 7.47. The molecule has 144 valence electrons. The first-order chi connectivity index (χ1) is 12.5. The van der Waals surface area contributed by atoms with Crippen molar-refractivity contribution in [3.8, 4) is 0 Å². The van der Waals surface area contributed by atoms with E-state index >= 15 is 0 Å². The summed E-state index contributed by atoms with van der Waals surface area (Å²) in [5.41, 5.74) is 1.62. The Morgan fingerprint density at radius 1 is 1.15 bits per heavy atom. The molecule has 0 aromatic heterocycles. The molecule has 2 rings (SSSR count). The molecule has 2 amide bonds. The quantitative estimate of drug-likeness (QED) is 0.773. The highest BCUT2D eigenvalue weighted by Crippen LogP contribution is 2.14. The minimum atomic E-state index is -0.466. The zero-order chi connectivity index (χ0) is 18.9. The van der Waals surface area contributed by atoms with Gasteiger partial charge in [0.15, 0.2) is 0 Å². The Hall–Kier alpha value is -1.88. The Labute approximate surface area is 157 Å². The number of hydrogen-bond donors (Lipinski definition) is 1. The van der Waals surface area contributed by atoms with Crippen molar-refractivity contribution >= 4 is 11.8 Å². The number of likely N-dealkylation sites (tertiary alicyclic amines) is 1. The Morgan fingerprint density at radius 2 is 1.88 bits per heavy atom. The van der Waals surface area contributed by atoms with E-state index in [0.717, 1.165) is 37.9 Å². The van der Waals surface area contributed by atoms with Gasteiger partial charge in [0, 0.05) is 31.8 Å². The van der Waals surface area contributed by atoms with Gasteiger partial charge in [0.25, 0.3) is 5.91 Å². The molecule has 1 aliphatic rings. The molecule has 0 spiro atoms. The van der Waals surface area contributed by atoms with Gasteiger partial charge in [0.05, 0.1) is 0 Å². The third-order valence-electron chi connectivity index (χ3n) is 4.72. The molecule has 5 nitrogen and oxygen atoms in total. The van der Waals surface area contributed by atoms with E-state index in [-0.39, 0.29) is 11.8 Å². The highest BCUT2D eigenvalue weighted by molar-refractivity contribution is 5.94. The highest BCUT2D eigenvalue weighted by Gasteiger charge is 2.18. The number of rotatable bonds is 8. The van der Waals surface area contributed by atoms with Crippen LogP contribution in [0.15, 0.2) is 24.3 Å². The van der Waals surface area contributed by atoms with Crippen LogP contribution in [0.3, 0.4) is 0 Å². The van der Waals surface area contributed by atoms with E-state index in [1.165, 1.54) is 6.42 Å². The first-order valence-corrected chi connectivity index (χ1v) is 9.75. The molecule has 1 aromatic carbocycles. The van der Waals surface area contributed by atoms with Crippen LogP contribution < -0.4 is 5.32 Å². The van der Waals surface area contributed by atoms with Gasteiger partial charge < -0.3 is 15.0 Å². The largest absolute Gasteiger partial charge is 0.369 e. The summed E-state index contributed by atoms with van der Waals surface area (Å²) in [7, 11) is 0. The molecule has 0 saturated carbocycles. The lowest BCUT2D eigenvalue weighted by atomic mass is 10.1. The maximum absolute atomic E-state index is 12.6. The van der Waals surface area contributed by atoms with Crippen molar-refractivity contribution in [2.75, 3.05) is 19.7 Å². The second kappa shape index (κ2) is 10.3. The zero-order valence-electron chi connectivity index (χ0n) is 16.3. The van der Waals surface area contributed by atoms with Gasteiger partial charge in [-0.1, -0.05) is 26.0 Å². The summed E-state index contributed by atoms with van der Waals surface area (Å²) in [6.07, 6.45) is 3.84. The number of piperidine rings is 1. The molecule has 5 heteroatoms. The summed E-state index contributed by atoms with van der Waals surface area (Å²) in [5.74, 6) is 0.523. The van der Waals surface area contributed by atoms with Gasteiger partial charge in [-0.3, -0.25) is 9.59 Å². The van der Waals surface area contributed by atoms with Crippen LogP contribution in [0, 0.1) is 5.92 Å². The normalized spacial score (nSPS) is 15.8. The van der Waals surface area contributed by atoms with Gasteiger partial charge in [0.1, 0.15) is 6.10 Å². The number of hydrogen-bond acceptors (Lipinski definition) is 3. The number of carbonyl (C=O) groups excluding carboxylic acids is 2. The van der Waals surface area contributed by atoms with Crippen LogP contribution in [-0.4, -0.2) is 42.5 Å². The Balaban J connectivity index is 1.84. The Morgan fingerprint density at radius 3 is 2.58 bits per heavy atom. The topological polar surface area (TPSA) is 58.6 Å². The van der Waals surface area contributed by atoms with Gasteiger partial charge in [-0.05, 0) is 56.2 Å². The van der Waals surface area contributed by atoms with E-state index in [1.807, 2.05) is 29.2 Å². The lowest BCUT2D eigenvalue weighted by Crippen LogP contribution is -2.36. The number of amides is 2. The maximum Gasteiger partial charge on any atom is 0.253 e. The van der Waals surface area contributed by atoms with Gasteiger partial charge in [0.2, 0.25) is 5.91 Å². The van der Waals surface area contributed by atoms with E-state index in [1.54, 1.807) is 6.92 Å². The summed E-state index contributed by atoms with van der Waals surface area (Å²) in [6, 6.07) is 7.53. The molecule has 1 heterocycles. The van der Waals surface area contributed by atoms with Gasteiger partial charge in [-0.15, -0.1) is 0 Å². The molecule has 0 radical (unpaired) electrons. The molecule has 0 aliphatic carbocycles. The minimum Gasteiger partial charge on any atom is -0.369 e. The van der Waals surface area contributed by atoms with Crippen LogP contribution in [-0.2, 0) is 16.1 Å². The van der Waals surface area contributed by atoms with Crippen LogP contribution in [0.2, 0.25) is 0 Å². The lowest BCUT2D eigenvalue weighted by Gasteiger charge is -2.26. The molecule has 1 atom stereocenters. The standard InChI is InChI=1S/C21H32N2O3/c1-16(2)10-13-26-17(3)20(24)22-15-18-8-7-9-19(14-18)21(25)23-11-5-4-6-12-23/h7-9,14,16-17H,4-6,10-13,15H2,1-3H3,(H,22,24). The van der Waals surface area contributed by atoms with Crippen molar-refractivity contribution in [3.63, 3.8) is 0 Å². The van der Waals surface area contributed by atoms with Crippen LogP contribution in [0.5, 0.6) is 0 Å². The fourth-order valence-corrected chi connectivity index (χ4v) is 2.98. The van der Waals surface area contributed by atoms with Crippen LogP contribution in [0.4, 0.5) is 0 Å². The molecule has 1 unspecified atom stereocenters. The van der Waals surface area contributed by atoms with Crippen LogP contribution in [0.1, 0.15) is 62.4 Å². The minimum absolute atomic E-state index is 0.0864. The molecule has 1 aliphatic heterocycles. The molecule has 1 aromatic rings. The average Bonchev–Trinajstić information content (AvgIpc) is 2.66. The maximum atomic E-state index is 12.6. The monoisotopic (exact) mass is 360 g/mol. The SMILES string of the molecule is CC(C)CCOC(C)C(=O)NCc1cccc(C(=O)N2CCCCC2)c1. The lowest BCUT2D eigenvalue weighted by molar-refractivity contribution is -0.132. The van der Waals surface area contributed by atoms with Gasteiger partial charge in [-0.2, -0.15) is 0 Å². The number of ether oxygens (including phenoxy) is 1. The summed E-state index contributed by atoms with van der Waals surface area (Å²) >= 11 is 0. The fourth-order valence-electron chi connectivity index (χ4n) is 2.98. The van der Waals surface area contributed by atoms with Crippen molar-refractivity contribution in [3.05, 3.63) is 35.4 Å². The van der Waals surface area contributed by atoms with E-state index in [9.17, 15) is 9.59 Å². The molecule has 26 heavy (non-hydrogen) atoms. The Kier molecular flexibility index (Phi) is 8.10. The summed E-state index contributed by atoms with van der Waals surface area (Å²) in [4.78, 5) is 26.7. The first kappa shape index (κ1) is 20.4. The molecular weight excluding hydrogens is 328 g/mol. The van der Waals surface area contributed by atoms with Gasteiger partial charge in [-0.25, -0.2) is 0 Å². The van der Waals surface area contributed by atoms with E-state index < -0.39 is 6.10 Å². The predicted octanol–water partition coefficient (Wildman–Crippen LogP) is 3.38. The third kappa shape index (κ3) is 6.45. The van der Waals surface area contributed by atoms with Crippen molar-refractivity contribution in [1.29, 1.82) is 0 Å². The molecular formula is C21H32N2O3. The van der Waals surface area contributed by atoms with Crippen LogP contribution in [0.25, 0.3) is 0 Å². The molecule has 1 N–H and O–H groups in total. The molecule has 1 fully saturated rings. The van der Waals surface area contributed by atoms with Crippen molar-refractivity contribution in [2.45, 2.75) is 59.1 Å². The number of nitrogens with zero attached hydrogens (tertiary/aromatic N) is 1. The highest BCUT2D eigenvalue weighted by atomic mass is 16.5. The molecule has 1 saturated heterocycles. The average molecular weight is 360 g/mol. The summed E-state index contributed by atoms with van der Waals surface area (Å²) in [6.45, 7) is 8.70. The zero-order valence-corrected chi connectivity index (χ0v) is 16.3. The predicted molar refractivity (Wildman–Crippen MR) is 103 cm³/mol. The van der Waals surface area contributed by atoms with E-state index in [0.29, 0.717) is 24.6 Å². The number of nitrogens with one attached hydrogen (secondary N) is 1. The van der Waals surface area contributed by atoms with Crippen molar-refractivity contribution in [2.24, 2.45) is 5.92 Å². The second-order valence-corrected chi connectivity index (χ2v) is 7.47. The summed E-state index contributed by atoms with van der Waals surface area (Å²) in [5, 5.41) is 2.89. The smallest absolute Gasteiger partial charge is 0.253 e. The number of benzene rings is 1. The summed E-state index contributed by atoms with van der Waals surface area (Å²) < 4.78 is 5.57. The number of carbonyl (C=O) groups is 2. The fraction of sp³-hybridized carbons (Fsp3) is 0.619. The first-order valence-electron chi connectivity index (χ1n) is 9.75. The van der Waals surface area contributed by atoms with Crippen molar-refractivity contribution in [1.82, 2.24) is 10.2 Å². The van der Waals surface area contributed by atoms with Crippen molar-refractivity contribution < 1.29 is 14.3 Å². The van der Waals surface area contributed by atoms with E-state index in [2.05, 4.69) is 19.2 Å². The Bertz CT molecular complexity index is 595.